The van der Waals surface area contributed by atoms with Crippen LogP contribution in [0.5, 0.6) is 5.75 Å². The van der Waals surface area contributed by atoms with Crippen LogP contribution in [-0.4, -0.2) is 9.85 Å². The van der Waals surface area contributed by atoms with Gasteiger partial charge in [-0.1, -0.05) is 12.1 Å². The maximum absolute atomic E-state index is 10.9. The van der Waals surface area contributed by atoms with Crippen LogP contribution in [0.1, 0.15) is 16.7 Å². The summed E-state index contributed by atoms with van der Waals surface area (Å²) in [6, 6.07) is 17.5. The Bertz CT molecular complexity index is 1240. The number of nitro groups is 2. The highest BCUT2D eigenvalue weighted by Crippen LogP contribution is 2.36. The lowest BCUT2D eigenvalue weighted by Gasteiger charge is -2.12. The summed E-state index contributed by atoms with van der Waals surface area (Å²) in [5, 5.41) is 31.3. The summed E-state index contributed by atoms with van der Waals surface area (Å²) in [7, 11) is 0. The number of hydrogen-bond donors (Lipinski definition) is 0. The van der Waals surface area contributed by atoms with Crippen LogP contribution in [0.4, 0.5) is 11.4 Å². The molecule has 0 aliphatic rings. The number of rotatable bonds is 7. The summed E-state index contributed by atoms with van der Waals surface area (Å²) in [5.74, 6) is 0.502. The first-order valence-electron chi connectivity index (χ1n) is 9.00. The highest BCUT2D eigenvalue weighted by molar-refractivity contribution is 9.11. The number of nitro benzene ring substituents is 2. The van der Waals surface area contributed by atoms with Crippen LogP contribution in [0.15, 0.2) is 69.6 Å². The van der Waals surface area contributed by atoms with Gasteiger partial charge in [0.05, 0.1) is 30.4 Å². The van der Waals surface area contributed by atoms with Crippen molar-refractivity contribution in [3.63, 3.8) is 0 Å². The lowest BCUT2D eigenvalue weighted by molar-refractivity contribution is -0.385. The molecular weight excluding hydrogens is 546 g/mol. The van der Waals surface area contributed by atoms with Crippen molar-refractivity contribution in [1.82, 2.24) is 0 Å². The van der Waals surface area contributed by atoms with Crippen molar-refractivity contribution in [3.05, 3.63) is 107 Å². The summed E-state index contributed by atoms with van der Waals surface area (Å²) >= 11 is 6.90. The van der Waals surface area contributed by atoms with Gasteiger partial charge in [-0.15, -0.1) is 0 Å². The van der Waals surface area contributed by atoms with E-state index in [2.05, 4.69) is 37.9 Å². The van der Waals surface area contributed by atoms with Crippen LogP contribution in [0, 0.1) is 31.6 Å². The highest BCUT2D eigenvalue weighted by Gasteiger charge is 2.12. The zero-order chi connectivity index (χ0) is 23.3. The molecule has 0 atom stereocenters. The Labute approximate surface area is 199 Å². The number of ether oxygens (including phenoxy) is 1. The van der Waals surface area contributed by atoms with Gasteiger partial charge in [0.15, 0.2) is 0 Å². The minimum atomic E-state index is -0.500. The van der Waals surface area contributed by atoms with E-state index >= 15 is 0 Å². The Morgan fingerprint density at radius 2 is 1.59 bits per heavy atom. The molecule has 0 radical (unpaired) electrons. The molecule has 0 saturated carbocycles. The first-order valence-corrected chi connectivity index (χ1v) is 10.6. The molecule has 0 N–H and O–H groups in total. The van der Waals surface area contributed by atoms with Crippen molar-refractivity contribution in [2.75, 3.05) is 0 Å². The van der Waals surface area contributed by atoms with Gasteiger partial charge in [-0.25, -0.2) is 0 Å². The lowest BCUT2D eigenvalue weighted by atomic mass is 10.0. The van der Waals surface area contributed by atoms with E-state index in [1.807, 2.05) is 0 Å². The van der Waals surface area contributed by atoms with Crippen LogP contribution in [-0.2, 0) is 6.61 Å². The third-order valence-corrected chi connectivity index (χ3v) is 5.52. The second-order valence-electron chi connectivity index (χ2n) is 6.50. The number of nitrogens with zero attached hydrogens (tertiary/aromatic N) is 3. The van der Waals surface area contributed by atoms with Crippen LogP contribution in [0.25, 0.3) is 11.6 Å². The molecule has 0 aromatic heterocycles. The fourth-order valence-electron chi connectivity index (χ4n) is 2.83. The molecule has 160 valence electrons. The maximum Gasteiger partial charge on any atom is 0.269 e. The van der Waals surface area contributed by atoms with Gasteiger partial charge in [-0.3, -0.25) is 20.2 Å². The van der Waals surface area contributed by atoms with Gasteiger partial charge in [-0.2, -0.15) is 5.26 Å². The van der Waals surface area contributed by atoms with E-state index in [0.29, 0.717) is 37.0 Å². The number of benzene rings is 3. The van der Waals surface area contributed by atoms with Gasteiger partial charge >= 0.3 is 0 Å². The molecule has 0 aliphatic heterocycles. The normalized spacial score (nSPS) is 11.0. The smallest absolute Gasteiger partial charge is 0.269 e. The predicted octanol–water partition coefficient (Wildman–Crippen LogP) is 6.67. The second kappa shape index (κ2) is 10.2. The Hall–Kier alpha value is -3.55. The summed E-state index contributed by atoms with van der Waals surface area (Å²) in [6.07, 6.45) is 1.65. The quantitative estimate of drug-likeness (QED) is 0.138. The predicted molar refractivity (Wildman–Crippen MR) is 126 cm³/mol. The molecule has 0 bridgehead atoms. The first-order chi connectivity index (χ1) is 15.3. The third kappa shape index (κ3) is 5.57. The number of nitriles is 1. The molecule has 0 aliphatic carbocycles. The molecule has 0 unspecified atom stereocenters. The van der Waals surface area contributed by atoms with Crippen molar-refractivity contribution in [1.29, 1.82) is 5.26 Å². The van der Waals surface area contributed by atoms with E-state index < -0.39 is 9.85 Å². The average molecular weight is 559 g/mol. The monoisotopic (exact) mass is 557 g/mol. The average Bonchev–Trinajstić information content (AvgIpc) is 2.77. The molecule has 0 heterocycles. The Morgan fingerprint density at radius 1 is 0.969 bits per heavy atom. The molecule has 32 heavy (non-hydrogen) atoms. The van der Waals surface area contributed by atoms with Gasteiger partial charge in [0.1, 0.15) is 12.4 Å². The van der Waals surface area contributed by atoms with E-state index in [1.54, 1.807) is 30.3 Å². The zero-order valence-corrected chi connectivity index (χ0v) is 19.4. The van der Waals surface area contributed by atoms with Crippen molar-refractivity contribution in [2.45, 2.75) is 6.61 Å². The SMILES string of the molecule is N#C/C(=C/c1cc(Br)c(OCc2cccc([N+](=O)[O-])c2)c(Br)c1)c1ccc([N+](=O)[O-])cc1. The molecule has 0 fully saturated rings. The summed E-state index contributed by atoms with van der Waals surface area (Å²) in [4.78, 5) is 20.8. The molecule has 8 nitrogen and oxygen atoms in total. The lowest BCUT2D eigenvalue weighted by Crippen LogP contribution is -1.98. The highest BCUT2D eigenvalue weighted by atomic mass is 79.9. The Morgan fingerprint density at radius 3 is 2.16 bits per heavy atom. The number of allylic oxidation sites excluding steroid dienone is 1. The Kier molecular flexibility index (Phi) is 7.35. The van der Waals surface area contributed by atoms with E-state index in [0.717, 1.165) is 0 Å². The summed E-state index contributed by atoms with van der Waals surface area (Å²) in [5.41, 5.74) is 2.16. The fraction of sp³-hybridized carbons (Fsp3) is 0.0455. The summed E-state index contributed by atoms with van der Waals surface area (Å²) in [6.45, 7) is 0.125. The molecule has 3 rings (SSSR count). The standard InChI is InChI=1S/C22H13Br2N3O5/c23-20-10-15(8-17(12-25)16-4-6-18(7-5-16)26(28)29)11-21(24)22(20)32-13-14-2-1-3-19(9-14)27(30)31/h1-11H,13H2/b17-8-. The first kappa shape index (κ1) is 23.1. The maximum atomic E-state index is 10.9. The molecule has 3 aromatic carbocycles. The Balaban J connectivity index is 1.83. The fourth-order valence-corrected chi connectivity index (χ4v) is 4.28. The van der Waals surface area contributed by atoms with E-state index in [-0.39, 0.29) is 18.0 Å². The minimum Gasteiger partial charge on any atom is -0.487 e. The third-order valence-electron chi connectivity index (χ3n) is 4.35. The van der Waals surface area contributed by atoms with Crippen molar-refractivity contribution in [2.24, 2.45) is 0 Å². The summed E-state index contributed by atoms with van der Waals surface area (Å²) < 4.78 is 7.06. The molecule has 3 aromatic rings. The number of hydrogen-bond acceptors (Lipinski definition) is 6. The van der Waals surface area contributed by atoms with Crippen LogP contribution >= 0.6 is 31.9 Å². The molecule has 0 amide bonds. The van der Waals surface area contributed by atoms with Crippen molar-refractivity contribution in [3.8, 4) is 11.8 Å². The van der Waals surface area contributed by atoms with Gasteiger partial charge in [0.25, 0.3) is 11.4 Å². The number of halogens is 2. The second-order valence-corrected chi connectivity index (χ2v) is 8.21. The van der Waals surface area contributed by atoms with Crippen LogP contribution in [0.3, 0.4) is 0 Å². The topological polar surface area (TPSA) is 119 Å². The minimum absolute atomic E-state index is 0.0139. The van der Waals surface area contributed by atoms with E-state index in [4.69, 9.17) is 4.74 Å². The van der Waals surface area contributed by atoms with Crippen LogP contribution < -0.4 is 4.74 Å². The van der Waals surface area contributed by atoms with Crippen molar-refractivity contribution < 1.29 is 14.6 Å². The molecule has 0 saturated heterocycles. The van der Waals surface area contributed by atoms with E-state index in [9.17, 15) is 25.5 Å². The van der Waals surface area contributed by atoms with Gasteiger partial charge in [0, 0.05) is 24.3 Å². The van der Waals surface area contributed by atoms with Crippen LogP contribution in [0.2, 0.25) is 0 Å². The van der Waals surface area contributed by atoms with Gasteiger partial charge in [-0.05, 0) is 78.9 Å². The molecule has 10 heteroatoms. The van der Waals surface area contributed by atoms with E-state index in [1.165, 1.54) is 36.4 Å². The zero-order valence-electron chi connectivity index (χ0n) is 16.2. The largest absolute Gasteiger partial charge is 0.487 e. The molecule has 0 spiro atoms. The van der Waals surface area contributed by atoms with Gasteiger partial charge in [0.2, 0.25) is 0 Å². The number of non-ortho nitro benzene ring substituents is 2. The molecular formula is C22H13Br2N3O5. The van der Waals surface area contributed by atoms with Gasteiger partial charge < -0.3 is 4.74 Å². The van der Waals surface area contributed by atoms with Crippen molar-refractivity contribution >= 4 is 54.9 Å².